The van der Waals surface area contributed by atoms with E-state index in [0.29, 0.717) is 5.56 Å². The number of halogens is 2. The maximum Gasteiger partial charge on any atom is 0.383 e. The van der Waals surface area contributed by atoms with Gasteiger partial charge in [-0.2, -0.15) is 8.78 Å². The first-order valence-corrected chi connectivity index (χ1v) is 7.42. The summed E-state index contributed by atoms with van der Waals surface area (Å²) in [5.41, 5.74) is 7.67. The molecule has 2 aromatic rings. The van der Waals surface area contributed by atoms with Crippen LogP contribution in [0.25, 0.3) is 11.1 Å². The van der Waals surface area contributed by atoms with Crippen LogP contribution in [0, 0.1) is 0 Å². The van der Waals surface area contributed by atoms with E-state index in [2.05, 4.69) is 5.32 Å². The van der Waals surface area contributed by atoms with Gasteiger partial charge in [0.2, 0.25) is 5.78 Å². The van der Waals surface area contributed by atoms with Crippen molar-refractivity contribution in [3.8, 4) is 11.1 Å². The van der Waals surface area contributed by atoms with Gasteiger partial charge in [-0.1, -0.05) is 48.5 Å². The normalized spacial score (nSPS) is 12.5. The van der Waals surface area contributed by atoms with Crippen LogP contribution in [-0.2, 0) is 16.1 Å². The Balaban J connectivity index is 2.07. The van der Waals surface area contributed by atoms with Crippen molar-refractivity contribution in [2.75, 3.05) is 0 Å². The lowest BCUT2D eigenvalue weighted by atomic mass is 10.0. The van der Waals surface area contributed by atoms with Crippen molar-refractivity contribution >= 4 is 11.7 Å². The Labute approximate surface area is 138 Å². The Morgan fingerprint density at radius 1 is 1.08 bits per heavy atom. The van der Waals surface area contributed by atoms with Crippen LogP contribution in [0.4, 0.5) is 8.78 Å². The van der Waals surface area contributed by atoms with E-state index in [1.54, 1.807) is 18.2 Å². The highest BCUT2D eigenvalue weighted by atomic mass is 19.3. The monoisotopic (exact) mass is 332 g/mol. The number of hydrogen-bond donors (Lipinski definition) is 2. The fourth-order valence-electron chi connectivity index (χ4n) is 2.18. The molecule has 0 saturated heterocycles. The third-order valence-corrected chi connectivity index (χ3v) is 3.50. The van der Waals surface area contributed by atoms with Gasteiger partial charge in [-0.15, -0.1) is 0 Å². The number of benzene rings is 2. The summed E-state index contributed by atoms with van der Waals surface area (Å²) in [6, 6.07) is 15.3. The lowest BCUT2D eigenvalue weighted by Gasteiger charge is -2.16. The summed E-state index contributed by atoms with van der Waals surface area (Å²) in [7, 11) is 0. The maximum atomic E-state index is 13.7. The number of nitrogens with two attached hydrogens (primary N) is 1. The average Bonchev–Trinajstić information content (AvgIpc) is 2.59. The number of rotatable bonds is 6. The van der Waals surface area contributed by atoms with Gasteiger partial charge < -0.3 is 11.1 Å². The van der Waals surface area contributed by atoms with Gasteiger partial charge in [0, 0.05) is 6.54 Å². The molecule has 0 radical (unpaired) electrons. The van der Waals surface area contributed by atoms with Crippen LogP contribution in [0.2, 0.25) is 0 Å². The van der Waals surface area contributed by atoms with E-state index >= 15 is 0 Å². The lowest BCUT2D eigenvalue weighted by Crippen LogP contribution is -2.51. The zero-order chi connectivity index (χ0) is 17.7. The van der Waals surface area contributed by atoms with Crippen molar-refractivity contribution in [3.05, 3.63) is 60.2 Å². The third-order valence-electron chi connectivity index (χ3n) is 3.50. The summed E-state index contributed by atoms with van der Waals surface area (Å²) in [6.07, 6.45) is 0. The molecule has 1 unspecified atom stereocenters. The van der Waals surface area contributed by atoms with E-state index in [9.17, 15) is 18.4 Å². The number of hydrogen-bond acceptors (Lipinski definition) is 3. The predicted molar refractivity (Wildman–Crippen MR) is 87.3 cm³/mol. The number of Topliss-reactive ketones (excluding diaryl/α,β-unsaturated/α-hetero) is 1. The molecule has 4 nitrogen and oxygen atoms in total. The zero-order valence-corrected chi connectivity index (χ0v) is 13.1. The minimum atomic E-state index is -4.13. The van der Waals surface area contributed by atoms with Crippen molar-refractivity contribution < 1.29 is 18.4 Å². The Bertz CT molecular complexity index is 731. The van der Waals surface area contributed by atoms with Crippen LogP contribution in [0.3, 0.4) is 0 Å². The summed E-state index contributed by atoms with van der Waals surface area (Å²) >= 11 is 0. The second-order valence-electron chi connectivity index (χ2n) is 5.48. The van der Waals surface area contributed by atoms with Crippen molar-refractivity contribution in [1.29, 1.82) is 0 Å². The molecule has 0 spiro atoms. The first-order chi connectivity index (χ1) is 11.3. The van der Waals surface area contributed by atoms with E-state index in [4.69, 9.17) is 5.73 Å². The minimum Gasteiger partial charge on any atom is -0.346 e. The molecule has 2 aromatic carbocycles. The van der Waals surface area contributed by atoms with E-state index < -0.39 is 23.7 Å². The van der Waals surface area contributed by atoms with Crippen molar-refractivity contribution in [2.45, 2.75) is 25.4 Å². The molecule has 0 saturated carbocycles. The molecular weight excluding hydrogens is 314 g/mol. The van der Waals surface area contributed by atoms with E-state index in [-0.39, 0.29) is 6.54 Å². The standard InChI is InChI=1S/C18H18F2N2O2/c1-12(21)16(23)18(19,20)17(24)22-11-13-6-5-9-15(10-13)14-7-3-2-4-8-14/h2-10,12H,11,21H2,1H3,(H,22,24). The Kier molecular flexibility index (Phi) is 5.41. The molecule has 0 aromatic heterocycles. The van der Waals surface area contributed by atoms with Crippen LogP contribution in [-0.4, -0.2) is 23.7 Å². The third kappa shape index (κ3) is 4.02. The van der Waals surface area contributed by atoms with Gasteiger partial charge >= 0.3 is 5.92 Å². The second kappa shape index (κ2) is 7.31. The van der Waals surface area contributed by atoms with Gasteiger partial charge in [0.05, 0.1) is 6.04 Å². The van der Waals surface area contributed by atoms with E-state index in [0.717, 1.165) is 18.1 Å². The highest BCUT2D eigenvalue weighted by molar-refractivity contribution is 6.09. The second-order valence-corrected chi connectivity index (χ2v) is 5.48. The van der Waals surface area contributed by atoms with Crippen LogP contribution < -0.4 is 11.1 Å². The summed E-state index contributed by atoms with van der Waals surface area (Å²) < 4.78 is 27.3. The number of amides is 1. The number of alkyl halides is 2. The molecule has 0 bridgehead atoms. The van der Waals surface area contributed by atoms with Crippen molar-refractivity contribution in [3.63, 3.8) is 0 Å². The summed E-state index contributed by atoms with van der Waals surface area (Å²) in [4.78, 5) is 22.9. The molecule has 24 heavy (non-hydrogen) atoms. The van der Waals surface area contributed by atoms with Crippen molar-refractivity contribution in [1.82, 2.24) is 5.32 Å². The Hall–Kier alpha value is -2.60. The topological polar surface area (TPSA) is 72.2 Å². The van der Waals surface area contributed by atoms with E-state index in [1.807, 2.05) is 36.4 Å². The van der Waals surface area contributed by atoms with Gasteiger partial charge in [-0.25, -0.2) is 0 Å². The first-order valence-electron chi connectivity index (χ1n) is 7.42. The highest BCUT2D eigenvalue weighted by Gasteiger charge is 2.47. The average molecular weight is 332 g/mol. The zero-order valence-electron chi connectivity index (χ0n) is 13.1. The Morgan fingerprint density at radius 3 is 2.33 bits per heavy atom. The molecule has 0 fully saturated rings. The molecule has 6 heteroatoms. The van der Waals surface area contributed by atoms with Crippen LogP contribution in [0.5, 0.6) is 0 Å². The molecule has 1 atom stereocenters. The quantitative estimate of drug-likeness (QED) is 0.799. The molecular formula is C18H18F2N2O2. The lowest BCUT2D eigenvalue weighted by molar-refractivity contribution is -0.159. The fraction of sp³-hybridized carbons (Fsp3) is 0.222. The minimum absolute atomic E-state index is 0.110. The van der Waals surface area contributed by atoms with Crippen LogP contribution >= 0.6 is 0 Å². The molecule has 3 N–H and O–H groups in total. The Morgan fingerprint density at radius 2 is 1.71 bits per heavy atom. The van der Waals surface area contributed by atoms with Crippen molar-refractivity contribution in [2.24, 2.45) is 5.73 Å². The highest BCUT2D eigenvalue weighted by Crippen LogP contribution is 2.21. The number of ketones is 1. The number of nitrogens with one attached hydrogen (secondary N) is 1. The van der Waals surface area contributed by atoms with E-state index in [1.165, 1.54) is 0 Å². The SMILES string of the molecule is CC(N)C(=O)C(F)(F)C(=O)NCc1cccc(-c2ccccc2)c1. The molecule has 0 aliphatic heterocycles. The van der Waals surface area contributed by atoms with Gasteiger partial charge in [-0.3, -0.25) is 9.59 Å². The summed E-state index contributed by atoms with van der Waals surface area (Å²) in [5, 5.41) is 2.09. The largest absolute Gasteiger partial charge is 0.383 e. The molecule has 126 valence electrons. The van der Waals surface area contributed by atoms with Crippen LogP contribution in [0.1, 0.15) is 12.5 Å². The van der Waals surface area contributed by atoms with Crippen LogP contribution in [0.15, 0.2) is 54.6 Å². The molecule has 2 rings (SSSR count). The smallest absolute Gasteiger partial charge is 0.346 e. The predicted octanol–water partition coefficient (Wildman–Crippen LogP) is 2.52. The number of carbonyl (C=O) groups is 2. The van der Waals surface area contributed by atoms with Gasteiger partial charge in [0.1, 0.15) is 0 Å². The van der Waals surface area contributed by atoms with Gasteiger partial charge in [0.15, 0.2) is 0 Å². The van der Waals surface area contributed by atoms with Gasteiger partial charge in [0.25, 0.3) is 5.91 Å². The summed E-state index contributed by atoms with van der Waals surface area (Å²) in [5.74, 6) is -7.38. The fourth-order valence-corrected chi connectivity index (χ4v) is 2.18. The maximum absolute atomic E-state index is 13.7. The first kappa shape index (κ1) is 17.7. The molecule has 1 amide bonds. The molecule has 0 aliphatic carbocycles. The summed E-state index contributed by atoms with van der Waals surface area (Å²) in [6.45, 7) is 1.01. The number of carbonyl (C=O) groups excluding carboxylic acids is 2. The van der Waals surface area contributed by atoms with Gasteiger partial charge in [-0.05, 0) is 29.7 Å². The molecule has 0 heterocycles. The molecule has 0 aliphatic rings.